The molecular weight excluding hydrogens is 313 g/mol. The first-order valence-electron chi connectivity index (χ1n) is 6.55. The van der Waals surface area contributed by atoms with Crippen LogP contribution < -0.4 is 0 Å². The second-order valence-electron chi connectivity index (χ2n) is 4.05. The zero-order valence-corrected chi connectivity index (χ0v) is 14.1. The van der Waals surface area contributed by atoms with Crippen LogP contribution in [0.1, 0.15) is 25.3 Å². The molecule has 4 nitrogen and oxygen atoms in total. The third-order valence-corrected chi connectivity index (χ3v) is 7.49. The predicted molar refractivity (Wildman–Crippen MR) is 86.4 cm³/mol. The van der Waals surface area contributed by atoms with Gasteiger partial charge in [-0.05, 0) is 36.9 Å². The molecule has 1 atom stereocenters. The Bertz CT molecular complexity index is 569. The van der Waals surface area contributed by atoms with Crippen molar-refractivity contribution in [2.24, 2.45) is 0 Å². The summed E-state index contributed by atoms with van der Waals surface area (Å²) in [5.74, 6) is 0.761. The van der Waals surface area contributed by atoms with Gasteiger partial charge in [-0.15, -0.1) is 11.3 Å². The third kappa shape index (κ3) is 4.30. The summed E-state index contributed by atoms with van der Waals surface area (Å²) in [6, 6.07) is 7.91. The Morgan fingerprint density at radius 2 is 2.10 bits per heavy atom. The number of rotatable bonds is 8. The van der Waals surface area contributed by atoms with E-state index in [1.54, 1.807) is 11.3 Å². The molecule has 2 rings (SSSR count). The van der Waals surface area contributed by atoms with Gasteiger partial charge in [0.15, 0.2) is 0 Å². The number of para-hydroxylation sites is 1. The maximum Gasteiger partial charge on any atom is 0.389 e. The summed E-state index contributed by atoms with van der Waals surface area (Å²) in [6.45, 7) is 1.41. The Balaban J connectivity index is 2.02. The van der Waals surface area contributed by atoms with E-state index >= 15 is 0 Å². The van der Waals surface area contributed by atoms with Gasteiger partial charge in [0.2, 0.25) is 0 Å². The van der Waals surface area contributed by atoms with Crippen LogP contribution in [-0.2, 0) is 20.2 Å². The van der Waals surface area contributed by atoms with E-state index in [1.807, 2.05) is 38.1 Å². The molecular formula is C13H18NO3PS2. The minimum absolute atomic E-state index is 0.230. The standard InChI is InChI=1S/C13H18NO3PS2/c1-3-9-19-18(15,16-4-2)17-10-13-14-11-7-5-6-8-12(11)20-13/h5-8H,3-4,9-10H2,1-2H3. The van der Waals surface area contributed by atoms with Crippen molar-refractivity contribution in [2.45, 2.75) is 26.9 Å². The monoisotopic (exact) mass is 331 g/mol. The molecule has 0 aliphatic rings. The molecule has 0 aliphatic carbocycles. The normalized spacial score (nSPS) is 14.5. The number of hydrogen-bond donors (Lipinski definition) is 0. The van der Waals surface area contributed by atoms with Gasteiger partial charge in [-0.2, -0.15) is 0 Å². The molecule has 0 aliphatic heterocycles. The van der Waals surface area contributed by atoms with Gasteiger partial charge in [-0.25, -0.2) is 9.55 Å². The summed E-state index contributed by atoms with van der Waals surface area (Å²) in [6.07, 6.45) is 0.937. The molecule has 0 spiro atoms. The number of hydrogen-bond acceptors (Lipinski definition) is 6. The van der Waals surface area contributed by atoms with Crippen molar-refractivity contribution in [1.82, 2.24) is 4.98 Å². The zero-order chi connectivity index (χ0) is 14.4. The fraction of sp³-hybridized carbons (Fsp3) is 0.462. The van der Waals surface area contributed by atoms with Gasteiger partial charge in [0.1, 0.15) is 11.6 Å². The molecule has 110 valence electrons. The SMILES string of the molecule is CCCSP(=O)(OCC)OCc1nc2ccccc2s1. The van der Waals surface area contributed by atoms with Crippen LogP contribution in [0.3, 0.4) is 0 Å². The van der Waals surface area contributed by atoms with Crippen LogP contribution in [0, 0.1) is 0 Å². The zero-order valence-electron chi connectivity index (χ0n) is 11.6. The van der Waals surface area contributed by atoms with Gasteiger partial charge in [0.05, 0.1) is 16.8 Å². The maximum atomic E-state index is 12.5. The highest BCUT2D eigenvalue weighted by atomic mass is 32.7. The second-order valence-corrected chi connectivity index (χ2v) is 9.36. The number of nitrogens with zero attached hydrogens (tertiary/aromatic N) is 1. The van der Waals surface area contributed by atoms with Crippen LogP contribution in [0.5, 0.6) is 0 Å². The lowest BCUT2D eigenvalue weighted by molar-refractivity contribution is 0.220. The summed E-state index contributed by atoms with van der Waals surface area (Å²) in [4.78, 5) is 4.46. The Kier molecular flexibility index (Phi) is 6.05. The molecule has 0 amide bonds. The van der Waals surface area contributed by atoms with Crippen LogP contribution in [0.2, 0.25) is 0 Å². The Morgan fingerprint density at radius 1 is 1.30 bits per heavy atom. The first kappa shape index (κ1) is 16.0. The fourth-order valence-electron chi connectivity index (χ4n) is 1.59. The molecule has 0 N–H and O–H groups in total. The molecule has 20 heavy (non-hydrogen) atoms. The van der Waals surface area contributed by atoms with E-state index in [4.69, 9.17) is 9.05 Å². The topological polar surface area (TPSA) is 48.4 Å². The smallest absolute Gasteiger partial charge is 0.301 e. The summed E-state index contributed by atoms with van der Waals surface area (Å²) < 4.78 is 24.4. The largest absolute Gasteiger partial charge is 0.389 e. The maximum absolute atomic E-state index is 12.5. The lowest BCUT2D eigenvalue weighted by atomic mass is 10.3. The second kappa shape index (κ2) is 7.57. The van der Waals surface area contributed by atoms with Crippen molar-refractivity contribution < 1.29 is 13.6 Å². The van der Waals surface area contributed by atoms with Crippen molar-refractivity contribution >= 4 is 39.7 Å². The molecule has 0 saturated heterocycles. The van der Waals surface area contributed by atoms with Crippen LogP contribution in [-0.4, -0.2) is 17.3 Å². The fourth-order valence-corrected chi connectivity index (χ4v) is 5.92. The summed E-state index contributed by atoms with van der Waals surface area (Å²) in [5.41, 5.74) is 0.948. The molecule has 0 bridgehead atoms. The van der Waals surface area contributed by atoms with Gasteiger partial charge in [0.25, 0.3) is 0 Å². The Labute approximate surface area is 127 Å². The van der Waals surface area contributed by atoms with Gasteiger partial charge < -0.3 is 4.52 Å². The van der Waals surface area contributed by atoms with Crippen LogP contribution in [0.25, 0.3) is 10.2 Å². The molecule has 2 aromatic rings. The van der Waals surface area contributed by atoms with E-state index in [1.165, 1.54) is 11.4 Å². The lowest BCUT2D eigenvalue weighted by Gasteiger charge is -2.15. The number of benzene rings is 1. The molecule has 1 heterocycles. The van der Waals surface area contributed by atoms with Crippen molar-refractivity contribution in [1.29, 1.82) is 0 Å². The van der Waals surface area contributed by atoms with E-state index in [0.717, 1.165) is 27.4 Å². The first-order chi connectivity index (χ1) is 9.67. The molecule has 7 heteroatoms. The van der Waals surface area contributed by atoms with Gasteiger partial charge in [-0.3, -0.25) is 4.52 Å². The number of aromatic nitrogens is 1. The number of fused-ring (bicyclic) bond motifs is 1. The van der Waals surface area contributed by atoms with E-state index < -0.39 is 6.80 Å². The van der Waals surface area contributed by atoms with E-state index in [-0.39, 0.29) is 6.61 Å². The van der Waals surface area contributed by atoms with Gasteiger partial charge in [-0.1, -0.05) is 19.1 Å². The van der Waals surface area contributed by atoms with Crippen LogP contribution in [0.4, 0.5) is 0 Å². The Morgan fingerprint density at radius 3 is 2.80 bits per heavy atom. The highest BCUT2D eigenvalue weighted by Gasteiger charge is 2.25. The van der Waals surface area contributed by atoms with Crippen molar-refractivity contribution in [2.75, 3.05) is 12.4 Å². The van der Waals surface area contributed by atoms with Crippen LogP contribution in [0.15, 0.2) is 24.3 Å². The van der Waals surface area contributed by atoms with Gasteiger partial charge >= 0.3 is 6.80 Å². The van der Waals surface area contributed by atoms with Crippen molar-refractivity contribution in [3.8, 4) is 0 Å². The minimum atomic E-state index is -3.06. The summed E-state index contributed by atoms with van der Waals surface area (Å²) >= 11 is 2.82. The lowest BCUT2D eigenvalue weighted by Crippen LogP contribution is -1.94. The predicted octanol–water partition coefficient (Wildman–Crippen LogP) is 5.10. The van der Waals surface area contributed by atoms with Crippen molar-refractivity contribution in [3.63, 3.8) is 0 Å². The van der Waals surface area contributed by atoms with Gasteiger partial charge in [0, 0.05) is 5.75 Å². The molecule has 0 saturated carbocycles. The molecule has 1 aromatic heterocycles. The van der Waals surface area contributed by atoms with Crippen molar-refractivity contribution in [3.05, 3.63) is 29.3 Å². The molecule has 0 radical (unpaired) electrons. The summed E-state index contributed by atoms with van der Waals surface area (Å²) in [7, 11) is 0. The third-order valence-electron chi connectivity index (χ3n) is 2.43. The van der Waals surface area contributed by atoms with Crippen LogP contribution >= 0.6 is 29.5 Å². The number of thiazole rings is 1. The highest BCUT2D eigenvalue weighted by molar-refractivity contribution is 8.55. The summed E-state index contributed by atoms with van der Waals surface area (Å²) in [5, 5.41) is 0.822. The van der Waals surface area contributed by atoms with E-state index in [2.05, 4.69) is 4.98 Å². The quantitative estimate of drug-likeness (QED) is 0.630. The van der Waals surface area contributed by atoms with E-state index in [9.17, 15) is 4.57 Å². The average molecular weight is 331 g/mol. The molecule has 1 aromatic carbocycles. The molecule has 1 unspecified atom stereocenters. The highest BCUT2D eigenvalue weighted by Crippen LogP contribution is 2.61. The first-order valence-corrected chi connectivity index (χ1v) is 10.5. The Hall–Kier alpha value is -0.390. The van der Waals surface area contributed by atoms with E-state index in [0.29, 0.717) is 6.61 Å². The molecule has 0 fully saturated rings. The average Bonchev–Trinajstić information content (AvgIpc) is 2.86. The minimum Gasteiger partial charge on any atom is -0.301 e.